The van der Waals surface area contributed by atoms with Gasteiger partial charge in [-0.25, -0.2) is 0 Å². The summed E-state index contributed by atoms with van der Waals surface area (Å²) in [6.07, 6.45) is 3.28. The summed E-state index contributed by atoms with van der Waals surface area (Å²) in [6.45, 7) is 7.95. The maximum absolute atomic E-state index is 12.3. The SMILES string of the molecule is CCC1CCC(C)N1C(=O)C(C)(C)OC. The van der Waals surface area contributed by atoms with Gasteiger partial charge in [-0.3, -0.25) is 4.79 Å². The summed E-state index contributed by atoms with van der Waals surface area (Å²) >= 11 is 0. The molecule has 1 rings (SSSR count). The molecule has 0 saturated carbocycles. The van der Waals surface area contributed by atoms with Crippen LogP contribution in [-0.4, -0.2) is 35.6 Å². The van der Waals surface area contributed by atoms with E-state index in [1.165, 1.54) is 0 Å². The smallest absolute Gasteiger partial charge is 0.254 e. The predicted octanol–water partition coefficient (Wildman–Crippen LogP) is 2.20. The van der Waals surface area contributed by atoms with E-state index in [9.17, 15) is 4.79 Å². The van der Waals surface area contributed by atoms with E-state index < -0.39 is 5.60 Å². The second-order valence-electron chi connectivity index (χ2n) is 4.92. The maximum atomic E-state index is 12.3. The maximum Gasteiger partial charge on any atom is 0.254 e. The Hall–Kier alpha value is -0.570. The summed E-state index contributed by atoms with van der Waals surface area (Å²) in [4.78, 5) is 14.3. The number of methoxy groups -OCH3 is 1. The number of hydrogen-bond donors (Lipinski definition) is 0. The van der Waals surface area contributed by atoms with Gasteiger partial charge < -0.3 is 9.64 Å². The summed E-state index contributed by atoms with van der Waals surface area (Å²) in [7, 11) is 1.60. The highest BCUT2D eigenvalue weighted by Crippen LogP contribution is 2.29. The van der Waals surface area contributed by atoms with Gasteiger partial charge in [-0.05, 0) is 40.0 Å². The van der Waals surface area contributed by atoms with Crippen molar-refractivity contribution < 1.29 is 9.53 Å². The van der Waals surface area contributed by atoms with Gasteiger partial charge in [-0.2, -0.15) is 0 Å². The van der Waals surface area contributed by atoms with Crippen LogP contribution in [0.15, 0.2) is 0 Å². The first-order valence-electron chi connectivity index (χ1n) is 5.82. The number of carbonyl (C=O) groups excluding carboxylic acids is 1. The summed E-state index contributed by atoms with van der Waals surface area (Å²) in [5.41, 5.74) is -0.688. The Kier molecular flexibility index (Phi) is 3.77. The Morgan fingerprint density at radius 3 is 2.53 bits per heavy atom. The van der Waals surface area contributed by atoms with Crippen LogP contribution in [0.3, 0.4) is 0 Å². The second kappa shape index (κ2) is 4.52. The zero-order valence-electron chi connectivity index (χ0n) is 10.5. The first-order valence-corrected chi connectivity index (χ1v) is 5.82. The summed E-state index contributed by atoms with van der Waals surface area (Å²) in [5.74, 6) is 0.127. The Labute approximate surface area is 92.8 Å². The largest absolute Gasteiger partial charge is 0.369 e. The molecule has 0 radical (unpaired) electrons. The number of rotatable bonds is 3. The lowest BCUT2D eigenvalue weighted by atomic mass is 10.1. The zero-order chi connectivity index (χ0) is 11.6. The van der Waals surface area contributed by atoms with E-state index in [2.05, 4.69) is 13.8 Å². The van der Waals surface area contributed by atoms with Gasteiger partial charge in [0.25, 0.3) is 5.91 Å². The highest BCUT2D eigenvalue weighted by atomic mass is 16.5. The normalized spacial score (nSPS) is 27.1. The van der Waals surface area contributed by atoms with Crippen LogP contribution in [0.1, 0.15) is 47.0 Å². The monoisotopic (exact) mass is 213 g/mol. The van der Waals surface area contributed by atoms with E-state index in [-0.39, 0.29) is 5.91 Å². The van der Waals surface area contributed by atoms with Crippen LogP contribution >= 0.6 is 0 Å². The molecular weight excluding hydrogens is 190 g/mol. The third kappa shape index (κ3) is 2.33. The molecule has 1 aliphatic rings. The highest BCUT2D eigenvalue weighted by molar-refractivity contribution is 5.85. The Morgan fingerprint density at radius 1 is 1.47 bits per heavy atom. The van der Waals surface area contributed by atoms with Crippen LogP contribution in [0.5, 0.6) is 0 Å². The molecule has 0 bridgehead atoms. The first-order chi connectivity index (χ1) is 6.94. The Bertz CT molecular complexity index is 238. The van der Waals surface area contributed by atoms with Gasteiger partial charge in [0.1, 0.15) is 5.60 Å². The third-order valence-corrected chi connectivity index (χ3v) is 3.52. The standard InChI is InChI=1S/C12H23NO2/c1-6-10-8-7-9(2)13(10)11(14)12(3,4)15-5/h9-10H,6-8H2,1-5H3. The summed E-state index contributed by atoms with van der Waals surface area (Å²) in [6, 6.07) is 0.763. The van der Waals surface area contributed by atoms with E-state index in [0.29, 0.717) is 12.1 Å². The molecular formula is C12H23NO2. The van der Waals surface area contributed by atoms with E-state index in [4.69, 9.17) is 4.74 Å². The van der Waals surface area contributed by atoms with E-state index in [1.807, 2.05) is 18.7 Å². The van der Waals surface area contributed by atoms with Gasteiger partial charge in [0.05, 0.1) is 0 Å². The van der Waals surface area contributed by atoms with E-state index >= 15 is 0 Å². The zero-order valence-corrected chi connectivity index (χ0v) is 10.5. The van der Waals surface area contributed by atoms with Gasteiger partial charge >= 0.3 is 0 Å². The lowest BCUT2D eigenvalue weighted by Gasteiger charge is -2.34. The van der Waals surface area contributed by atoms with Crippen LogP contribution in [0.25, 0.3) is 0 Å². The van der Waals surface area contributed by atoms with Gasteiger partial charge in [-0.1, -0.05) is 6.92 Å². The number of nitrogens with zero attached hydrogens (tertiary/aromatic N) is 1. The minimum atomic E-state index is -0.688. The fourth-order valence-corrected chi connectivity index (χ4v) is 2.24. The lowest BCUT2D eigenvalue weighted by molar-refractivity contribution is -0.153. The summed E-state index contributed by atoms with van der Waals surface area (Å²) in [5, 5.41) is 0. The molecule has 2 unspecified atom stereocenters. The van der Waals surface area contributed by atoms with Crippen LogP contribution in [-0.2, 0) is 9.53 Å². The molecule has 1 heterocycles. The van der Waals surface area contributed by atoms with E-state index in [1.54, 1.807) is 7.11 Å². The molecule has 2 atom stereocenters. The number of amides is 1. The van der Waals surface area contributed by atoms with Crippen molar-refractivity contribution in [2.75, 3.05) is 7.11 Å². The van der Waals surface area contributed by atoms with Gasteiger partial charge in [0, 0.05) is 19.2 Å². The molecule has 0 spiro atoms. The van der Waals surface area contributed by atoms with Crippen molar-refractivity contribution >= 4 is 5.91 Å². The molecule has 1 aliphatic heterocycles. The molecule has 0 aliphatic carbocycles. The van der Waals surface area contributed by atoms with Crippen LogP contribution in [0.2, 0.25) is 0 Å². The molecule has 1 saturated heterocycles. The highest BCUT2D eigenvalue weighted by Gasteiger charge is 2.40. The lowest BCUT2D eigenvalue weighted by Crippen LogP contribution is -2.50. The molecule has 3 nitrogen and oxygen atoms in total. The number of carbonyl (C=O) groups is 1. The first kappa shape index (κ1) is 12.5. The van der Waals surface area contributed by atoms with Crippen molar-refractivity contribution in [1.82, 2.24) is 4.90 Å². The van der Waals surface area contributed by atoms with Crippen molar-refractivity contribution in [2.45, 2.75) is 64.6 Å². The molecule has 15 heavy (non-hydrogen) atoms. The van der Waals surface area contributed by atoms with Crippen LogP contribution in [0.4, 0.5) is 0 Å². The summed E-state index contributed by atoms with van der Waals surface area (Å²) < 4.78 is 5.26. The quantitative estimate of drug-likeness (QED) is 0.719. The van der Waals surface area contributed by atoms with Crippen molar-refractivity contribution in [3.05, 3.63) is 0 Å². The minimum Gasteiger partial charge on any atom is -0.369 e. The topological polar surface area (TPSA) is 29.5 Å². The van der Waals surface area contributed by atoms with Crippen molar-refractivity contribution in [3.8, 4) is 0 Å². The third-order valence-electron chi connectivity index (χ3n) is 3.52. The van der Waals surface area contributed by atoms with Crippen molar-refractivity contribution in [3.63, 3.8) is 0 Å². The molecule has 1 amide bonds. The number of likely N-dealkylation sites (tertiary alicyclic amines) is 1. The molecule has 0 aromatic heterocycles. The molecule has 88 valence electrons. The molecule has 0 N–H and O–H groups in total. The number of ether oxygens (including phenoxy) is 1. The van der Waals surface area contributed by atoms with Crippen molar-refractivity contribution in [1.29, 1.82) is 0 Å². The molecule has 0 aromatic carbocycles. The average molecular weight is 213 g/mol. The number of hydrogen-bond acceptors (Lipinski definition) is 2. The molecule has 0 aromatic rings. The average Bonchev–Trinajstić information content (AvgIpc) is 2.58. The Morgan fingerprint density at radius 2 is 2.07 bits per heavy atom. The fraction of sp³-hybridized carbons (Fsp3) is 0.917. The minimum absolute atomic E-state index is 0.127. The second-order valence-corrected chi connectivity index (χ2v) is 4.92. The molecule has 3 heteroatoms. The molecule has 1 fully saturated rings. The van der Waals surface area contributed by atoms with Gasteiger partial charge in [-0.15, -0.1) is 0 Å². The Balaban J connectivity index is 2.81. The van der Waals surface area contributed by atoms with Gasteiger partial charge in [0.15, 0.2) is 0 Å². The van der Waals surface area contributed by atoms with Gasteiger partial charge in [0.2, 0.25) is 0 Å². The predicted molar refractivity (Wildman–Crippen MR) is 60.7 cm³/mol. The fourth-order valence-electron chi connectivity index (χ4n) is 2.24. The van der Waals surface area contributed by atoms with Crippen LogP contribution in [0, 0.1) is 0 Å². The van der Waals surface area contributed by atoms with E-state index in [0.717, 1.165) is 19.3 Å². The van der Waals surface area contributed by atoms with Crippen LogP contribution < -0.4 is 0 Å². The van der Waals surface area contributed by atoms with Crippen molar-refractivity contribution in [2.24, 2.45) is 0 Å².